The average Bonchev–Trinajstić information content (AvgIpc) is 2.18. The topological polar surface area (TPSA) is 66.4 Å². The Balaban J connectivity index is 2.97. The molecule has 0 saturated carbocycles. The molecule has 0 aliphatic heterocycles. The molecule has 4 nitrogen and oxygen atoms in total. The molecule has 6 heteroatoms. The van der Waals surface area contributed by atoms with E-state index < -0.39 is 17.8 Å². The van der Waals surface area contributed by atoms with Crippen molar-refractivity contribution in [3.8, 4) is 0 Å². The second-order valence-electron chi connectivity index (χ2n) is 3.15. The third-order valence-electron chi connectivity index (χ3n) is 1.88. The van der Waals surface area contributed by atoms with Crippen molar-refractivity contribution < 1.29 is 14.7 Å². The van der Waals surface area contributed by atoms with Gasteiger partial charge in [0.1, 0.15) is 0 Å². The molecule has 0 saturated heterocycles. The summed E-state index contributed by atoms with van der Waals surface area (Å²) in [5.74, 6) is -1.77. The molecular formula is C10H9Cl2NO3. The molecule has 1 unspecified atom stereocenters. The lowest BCUT2D eigenvalue weighted by Crippen LogP contribution is -2.35. The number of nitrogens with one attached hydrogen (secondary N) is 1. The van der Waals surface area contributed by atoms with Crippen LogP contribution in [-0.4, -0.2) is 22.9 Å². The van der Waals surface area contributed by atoms with Gasteiger partial charge in [0, 0.05) is 5.02 Å². The number of hydrogen-bond donors (Lipinski definition) is 2. The Morgan fingerprint density at radius 2 is 2.00 bits per heavy atom. The number of rotatable bonds is 4. The Hall–Kier alpha value is -1.26. The molecule has 0 bridgehead atoms. The van der Waals surface area contributed by atoms with Gasteiger partial charge in [-0.05, 0) is 25.1 Å². The normalized spacial score (nSPS) is 11.9. The summed E-state index contributed by atoms with van der Waals surface area (Å²) in [6.45, 7) is 1.18. The van der Waals surface area contributed by atoms with Gasteiger partial charge in [0.25, 0.3) is 0 Å². The minimum atomic E-state index is -1.32. The molecule has 86 valence electrons. The van der Waals surface area contributed by atoms with Crippen LogP contribution >= 0.6 is 23.2 Å². The highest BCUT2D eigenvalue weighted by atomic mass is 35.5. The Morgan fingerprint density at radius 1 is 1.38 bits per heavy atom. The number of benzene rings is 1. The lowest BCUT2D eigenvalue weighted by Gasteiger charge is -2.14. The van der Waals surface area contributed by atoms with Crippen LogP contribution in [0.4, 0.5) is 5.69 Å². The fraction of sp³-hybridized carbons (Fsp3) is 0.200. The summed E-state index contributed by atoms with van der Waals surface area (Å²) in [5.41, 5.74) is 0.316. The third kappa shape index (κ3) is 3.12. The molecular weight excluding hydrogens is 253 g/mol. The van der Waals surface area contributed by atoms with E-state index in [9.17, 15) is 9.59 Å². The number of aliphatic carboxylic acids is 1. The van der Waals surface area contributed by atoms with E-state index in [-0.39, 0.29) is 0 Å². The number of anilines is 1. The van der Waals surface area contributed by atoms with Crippen LogP contribution in [0.2, 0.25) is 10.0 Å². The maximum atomic E-state index is 11.1. The summed E-state index contributed by atoms with van der Waals surface area (Å²) in [6, 6.07) is 3.23. The van der Waals surface area contributed by atoms with Crippen molar-refractivity contribution in [3.63, 3.8) is 0 Å². The second-order valence-corrected chi connectivity index (χ2v) is 3.99. The molecule has 0 amide bonds. The van der Waals surface area contributed by atoms with Gasteiger partial charge in [0.05, 0.1) is 10.7 Å². The standard InChI is InChI=1S/C10H9Cl2NO3/c1-5(14)9(10(15)16)13-8-4-6(11)2-3-7(8)12/h2-4,9,13H,1H3,(H,15,16). The van der Waals surface area contributed by atoms with Crippen molar-refractivity contribution in [3.05, 3.63) is 28.2 Å². The number of carbonyl (C=O) groups excluding carboxylic acids is 1. The maximum Gasteiger partial charge on any atom is 0.333 e. The van der Waals surface area contributed by atoms with Gasteiger partial charge in [-0.25, -0.2) is 4.79 Å². The molecule has 0 radical (unpaired) electrons. The summed E-state index contributed by atoms with van der Waals surface area (Å²) in [6.07, 6.45) is 0. The number of halogens is 2. The molecule has 0 aliphatic rings. The Kier molecular flexibility index (Phi) is 4.15. The summed E-state index contributed by atoms with van der Waals surface area (Å²) in [5, 5.41) is 12.0. The van der Waals surface area contributed by atoms with E-state index in [4.69, 9.17) is 28.3 Å². The van der Waals surface area contributed by atoms with E-state index in [0.29, 0.717) is 15.7 Å². The summed E-state index contributed by atoms with van der Waals surface area (Å²) >= 11 is 11.6. The first-order valence-electron chi connectivity index (χ1n) is 4.36. The van der Waals surface area contributed by atoms with Gasteiger partial charge in [-0.3, -0.25) is 4.79 Å². The lowest BCUT2D eigenvalue weighted by molar-refractivity contribution is -0.140. The van der Waals surface area contributed by atoms with Crippen LogP contribution in [0.5, 0.6) is 0 Å². The number of carboxylic acids is 1. The van der Waals surface area contributed by atoms with Gasteiger partial charge in [-0.15, -0.1) is 0 Å². The first-order valence-corrected chi connectivity index (χ1v) is 5.12. The van der Waals surface area contributed by atoms with Crippen LogP contribution in [0.1, 0.15) is 6.92 Å². The molecule has 1 rings (SSSR count). The summed E-state index contributed by atoms with van der Waals surface area (Å²) in [7, 11) is 0. The molecule has 16 heavy (non-hydrogen) atoms. The molecule has 1 atom stereocenters. The quantitative estimate of drug-likeness (QED) is 0.818. The van der Waals surface area contributed by atoms with Crippen LogP contribution in [-0.2, 0) is 9.59 Å². The molecule has 0 aliphatic carbocycles. The molecule has 1 aromatic carbocycles. The zero-order valence-corrected chi connectivity index (χ0v) is 9.84. The van der Waals surface area contributed by atoms with Gasteiger partial charge >= 0.3 is 5.97 Å². The van der Waals surface area contributed by atoms with Gasteiger partial charge in [0.15, 0.2) is 11.8 Å². The lowest BCUT2D eigenvalue weighted by atomic mass is 10.2. The van der Waals surface area contributed by atoms with Crippen LogP contribution in [0, 0.1) is 0 Å². The maximum absolute atomic E-state index is 11.1. The van der Waals surface area contributed by atoms with Crippen LogP contribution in [0.25, 0.3) is 0 Å². The van der Waals surface area contributed by atoms with Crippen molar-refractivity contribution in [2.24, 2.45) is 0 Å². The minimum absolute atomic E-state index is 0.303. The van der Waals surface area contributed by atoms with Crippen molar-refractivity contribution in [1.82, 2.24) is 0 Å². The molecule has 0 heterocycles. The minimum Gasteiger partial charge on any atom is -0.479 e. The SMILES string of the molecule is CC(=O)C(Nc1cc(Cl)ccc1Cl)C(=O)O. The highest BCUT2D eigenvalue weighted by Crippen LogP contribution is 2.26. The van der Waals surface area contributed by atoms with E-state index >= 15 is 0 Å². The zero-order valence-electron chi connectivity index (χ0n) is 8.33. The highest BCUT2D eigenvalue weighted by Gasteiger charge is 2.22. The van der Waals surface area contributed by atoms with Crippen LogP contribution in [0.3, 0.4) is 0 Å². The number of Topliss-reactive ketones (excluding diaryl/α,β-unsaturated/α-hetero) is 1. The number of hydrogen-bond acceptors (Lipinski definition) is 3. The number of carboxylic acid groups (broad SMARTS) is 1. The Labute approximate surface area is 102 Å². The van der Waals surface area contributed by atoms with Gasteiger partial charge < -0.3 is 10.4 Å². The fourth-order valence-electron chi connectivity index (χ4n) is 1.10. The van der Waals surface area contributed by atoms with E-state index in [1.807, 2.05) is 0 Å². The molecule has 0 spiro atoms. The van der Waals surface area contributed by atoms with Crippen LogP contribution < -0.4 is 5.32 Å². The van der Waals surface area contributed by atoms with Gasteiger partial charge in [0.2, 0.25) is 0 Å². The second kappa shape index (κ2) is 5.18. The Bertz CT molecular complexity index is 420. The highest BCUT2D eigenvalue weighted by molar-refractivity contribution is 6.35. The molecule has 0 fully saturated rings. The van der Waals surface area contributed by atoms with Gasteiger partial charge in [-0.2, -0.15) is 0 Å². The first-order chi connectivity index (χ1) is 7.41. The average molecular weight is 262 g/mol. The fourth-order valence-corrected chi connectivity index (χ4v) is 1.45. The van der Waals surface area contributed by atoms with Crippen LogP contribution in [0.15, 0.2) is 18.2 Å². The van der Waals surface area contributed by atoms with E-state index in [0.717, 1.165) is 0 Å². The van der Waals surface area contributed by atoms with Crippen molar-refractivity contribution in [2.45, 2.75) is 13.0 Å². The van der Waals surface area contributed by atoms with E-state index in [1.54, 1.807) is 6.07 Å². The number of ketones is 1. The number of carbonyl (C=O) groups is 2. The van der Waals surface area contributed by atoms with Crippen molar-refractivity contribution in [2.75, 3.05) is 5.32 Å². The van der Waals surface area contributed by atoms with E-state index in [2.05, 4.69) is 5.32 Å². The Morgan fingerprint density at radius 3 is 2.50 bits per heavy atom. The van der Waals surface area contributed by atoms with E-state index in [1.165, 1.54) is 19.1 Å². The van der Waals surface area contributed by atoms with Crippen molar-refractivity contribution in [1.29, 1.82) is 0 Å². The smallest absolute Gasteiger partial charge is 0.333 e. The molecule has 0 aromatic heterocycles. The summed E-state index contributed by atoms with van der Waals surface area (Å²) < 4.78 is 0. The zero-order chi connectivity index (χ0) is 12.3. The first kappa shape index (κ1) is 12.8. The molecule has 1 aromatic rings. The largest absolute Gasteiger partial charge is 0.479 e. The summed E-state index contributed by atoms with van der Waals surface area (Å²) in [4.78, 5) is 21.8. The van der Waals surface area contributed by atoms with Crippen molar-refractivity contribution >= 4 is 40.6 Å². The predicted molar refractivity (Wildman–Crippen MR) is 62.2 cm³/mol. The van der Waals surface area contributed by atoms with Gasteiger partial charge in [-0.1, -0.05) is 23.2 Å². The third-order valence-corrected chi connectivity index (χ3v) is 2.45. The molecule has 2 N–H and O–H groups in total. The monoisotopic (exact) mass is 261 g/mol. The predicted octanol–water partition coefficient (Wildman–Crippen LogP) is 2.45.